The van der Waals surface area contributed by atoms with E-state index in [4.69, 9.17) is 9.47 Å². The first-order chi connectivity index (χ1) is 9.19. The van der Waals surface area contributed by atoms with Crippen molar-refractivity contribution in [1.82, 2.24) is 5.32 Å². The maximum atomic E-state index is 12.1. The summed E-state index contributed by atoms with van der Waals surface area (Å²) in [5, 5.41) is 3.37. The number of para-hydroxylation sites is 1. The van der Waals surface area contributed by atoms with Crippen molar-refractivity contribution in [2.24, 2.45) is 5.92 Å². The topological polar surface area (TPSA) is 30.5 Å². The van der Waals surface area contributed by atoms with Crippen LogP contribution in [0.25, 0.3) is 0 Å². The summed E-state index contributed by atoms with van der Waals surface area (Å²) >= 11 is 0. The van der Waals surface area contributed by atoms with E-state index in [1.165, 1.54) is 0 Å². The molecule has 108 valence electrons. The summed E-state index contributed by atoms with van der Waals surface area (Å²) in [6.45, 7) is 6.00. The third-order valence-electron chi connectivity index (χ3n) is 2.67. The Morgan fingerprint density at radius 2 is 2.11 bits per heavy atom. The van der Waals surface area contributed by atoms with Gasteiger partial charge in [0.2, 0.25) is 0 Å². The third kappa shape index (κ3) is 5.47. The summed E-state index contributed by atoms with van der Waals surface area (Å²) < 4.78 is 23.1. The second-order valence-corrected chi connectivity index (χ2v) is 4.86. The molecule has 1 aromatic rings. The van der Waals surface area contributed by atoms with Crippen LogP contribution in [-0.2, 0) is 6.54 Å². The van der Waals surface area contributed by atoms with Gasteiger partial charge in [0.25, 0.3) is 0 Å². The van der Waals surface area contributed by atoms with Crippen LogP contribution >= 0.6 is 0 Å². The molecule has 1 aromatic carbocycles. The number of alkyl halides is 1. The number of nitrogens with one attached hydrogen (secondary N) is 1. The fraction of sp³-hybridized carbons (Fsp3) is 0.600. The van der Waals surface area contributed by atoms with Crippen LogP contribution in [0.2, 0.25) is 0 Å². The molecule has 0 atom stereocenters. The highest BCUT2D eigenvalue weighted by Crippen LogP contribution is 2.31. The van der Waals surface area contributed by atoms with Crippen LogP contribution in [0.15, 0.2) is 18.2 Å². The van der Waals surface area contributed by atoms with Crippen LogP contribution in [0.4, 0.5) is 4.39 Å². The van der Waals surface area contributed by atoms with E-state index in [1.54, 1.807) is 7.11 Å². The average Bonchev–Trinajstić information content (AvgIpc) is 2.39. The standard InChI is InChI=1S/C15H24FNO2/c1-12(2)10-17-11-13-6-4-7-14(18-3)15(13)19-9-5-8-16/h4,6-7,12,17H,5,8-11H2,1-3H3. The lowest BCUT2D eigenvalue weighted by atomic mass is 10.1. The van der Waals surface area contributed by atoms with E-state index in [9.17, 15) is 4.39 Å². The minimum absolute atomic E-state index is 0.365. The second-order valence-electron chi connectivity index (χ2n) is 4.86. The molecule has 0 aromatic heterocycles. The van der Waals surface area contributed by atoms with Crippen molar-refractivity contribution < 1.29 is 13.9 Å². The molecule has 0 fully saturated rings. The molecule has 0 heterocycles. The fourth-order valence-corrected chi connectivity index (χ4v) is 1.75. The molecule has 0 saturated carbocycles. The Kier molecular flexibility index (Phi) is 7.26. The van der Waals surface area contributed by atoms with Crippen LogP contribution < -0.4 is 14.8 Å². The summed E-state index contributed by atoms with van der Waals surface area (Å²) in [7, 11) is 1.61. The Hall–Kier alpha value is -1.29. The molecule has 0 unspecified atom stereocenters. The number of rotatable bonds is 9. The molecule has 0 bridgehead atoms. The van der Waals surface area contributed by atoms with E-state index in [0.29, 0.717) is 24.7 Å². The highest BCUT2D eigenvalue weighted by atomic mass is 19.1. The van der Waals surface area contributed by atoms with Gasteiger partial charge in [0, 0.05) is 18.5 Å². The average molecular weight is 269 g/mol. The maximum absolute atomic E-state index is 12.1. The van der Waals surface area contributed by atoms with E-state index in [2.05, 4.69) is 19.2 Å². The number of methoxy groups -OCH3 is 1. The molecule has 1 rings (SSSR count). The molecule has 0 aliphatic rings. The smallest absolute Gasteiger partial charge is 0.165 e. The Bertz CT molecular complexity index is 369. The highest BCUT2D eigenvalue weighted by Gasteiger charge is 2.10. The molecular formula is C15H24FNO2. The van der Waals surface area contributed by atoms with Crippen molar-refractivity contribution in [2.45, 2.75) is 26.8 Å². The van der Waals surface area contributed by atoms with Crippen molar-refractivity contribution in [3.05, 3.63) is 23.8 Å². The van der Waals surface area contributed by atoms with Gasteiger partial charge in [-0.3, -0.25) is 4.39 Å². The van der Waals surface area contributed by atoms with Crippen molar-refractivity contribution in [3.63, 3.8) is 0 Å². The molecule has 0 aliphatic heterocycles. The summed E-state index contributed by atoms with van der Waals surface area (Å²) in [5.74, 6) is 2.01. The van der Waals surface area contributed by atoms with Crippen LogP contribution in [0.5, 0.6) is 11.5 Å². The molecular weight excluding hydrogens is 245 g/mol. The van der Waals surface area contributed by atoms with Gasteiger partial charge in [0.15, 0.2) is 11.5 Å². The Morgan fingerprint density at radius 1 is 1.32 bits per heavy atom. The third-order valence-corrected chi connectivity index (χ3v) is 2.67. The largest absolute Gasteiger partial charge is 0.493 e. The van der Waals surface area contributed by atoms with E-state index in [1.807, 2.05) is 18.2 Å². The number of benzene rings is 1. The molecule has 0 spiro atoms. The number of hydrogen-bond acceptors (Lipinski definition) is 3. The second kappa shape index (κ2) is 8.75. The maximum Gasteiger partial charge on any atom is 0.165 e. The first-order valence-corrected chi connectivity index (χ1v) is 6.74. The lowest BCUT2D eigenvalue weighted by molar-refractivity contribution is 0.270. The van der Waals surface area contributed by atoms with Crippen LogP contribution in [-0.4, -0.2) is 26.9 Å². The van der Waals surface area contributed by atoms with Crippen LogP contribution in [0, 0.1) is 5.92 Å². The molecule has 0 amide bonds. The van der Waals surface area contributed by atoms with E-state index in [0.717, 1.165) is 24.4 Å². The SMILES string of the molecule is COc1cccc(CNCC(C)C)c1OCCCF. The summed E-state index contributed by atoms with van der Waals surface area (Å²) in [6.07, 6.45) is 0.400. The van der Waals surface area contributed by atoms with Gasteiger partial charge in [-0.25, -0.2) is 0 Å². The van der Waals surface area contributed by atoms with Crippen LogP contribution in [0.3, 0.4) is 0 Å². The van der Waals surface area contributed by atoms with E-state index >= 15 is 0 Å². The lowest BCUT2D eigenvalue weighted by Gasteiger charge is -2.15. The zero-order valence-corrected chi connectivity index (χ0v) is 12.0. The van der Waals surface area contributed by atoms with E-state index in [-0.39, 0.29) is 6.67 Å². The lowest BCUT2D eigenvalue weighted by Crippen LogP contribution is -2.19. The zero-order valence-electron chi connectivity index (χ0n) is 12.0. The summed E-state index contributed by atoms with van der Waals surface area (Å²) in [6, 6.07) is 5.80. The molecule has 3 nitrogen and oxygen atoms in total. The van der Waals surface area contributed by atoms with Gasteiger partial charge < -0.3 is 14.8 Å². The van der Waals surface area contributed by atoms with Gasteiger partial charge in [-0.2, -0.15) is 0 Å². The Labute approximate surface area is 115 Å². The number of hydrogen-bond donors (Lipinski definition) is 1. The Morgan fingerprint density at radius 3 is 2.74 bits per heavy atom. The normalized spacial score (nSPS) is 10.8. The fourth-order valence-electron chi connectivity index (χ4n) is 1.75. The number of halogens is 1. The van der Waals surface area contributed by atoms with Gasteiger partial charge in [-0.15, -0.1) is 0 Å². The molecule has 1 N–H and O–H groups in total. The van der Waals surface area contributed by atoms with Crippen molar-refractivity contribution in [1.29, 1.82) is 0 Å². The summed E-state index contributed by atoms with van der Waals surface area (Å²) in [5.41, 5.74) is 1.04. The first kappa shape index (κ1) is 15.8. The molecule has 0 radical (unpaired) electrons. The predicted molar refractivity (Wildman–Crippen MR) is 75.6 cm³/mol. The van der Waals surface area contributed by atoms with E-state index < -0.39 is 0 Å². The predicted octanol–water partition coefficient (Wildman–Crippen LogP) is 3.18. The molecule has 0 aliphatic carbocycles. The molecule has 0 saturated heterocycles. The monoisotopic (exact) mass is 269 g/mol. The molecule has 4 heteroatoms. The molecule has 19 heavy (non-hydrogen) atoms. The minimum Gasteiger partial charge on any atom is -0.493 e. The highest BCUT2D eigenvalue weighted by molar-refractivity contribution is 5.46. The van der Waals surface area contributed by atoms with Gasteiger partial charge in [-0.1, -0.05) is 26.0 Å². The quantitative estimate of drug-likeness (QED) is 0.698. The van der Waals surface area contributed by atoms with Gasteiger partial charge in [0.05, 0.1) is 20.4 Å². The van der Waals surface area contributed by atoms with Gasteiger partial charge >= 0.3 is 0 Å². The first-order valence-electron chi connectivity index (χ1n) is 6.74. The van der Waals surface area contributed by atoms with Gasteiger partial charge in [0.1, 0.15) is 0 Å². The van der Waals surface area contributed by atoms with Crippen LogP contribution in [0.1, 0.15) is 25.8 Å². The van der Waals surface area contributed by atoms with Crippen molar-refractivity contribution >= 4 is 0 Å². The van der Waals surface area contributed by atoms with Crippen molar-refractivity contribution in [3.8, 4) is 11.5 Å². The summed E-state index contributed by atoms with van der Waals surface area (Å²) in [4.78, 5) is 0. The van der Waals surface area contributed by atoms with Gasteiger partial charge in [-0.05, 0) is 18.5 Å². The zero-order chi connectivity index (χ0) is 14.1. The van der Waals surface area contributed by atoms with Crippen molar-refractivity contribution in [2.75, 3.05) is 26.9 Å². The Balaban J connectivity index is 2.71. The number of ether oxygens (including phenoxy) is 2. The minimum atomic E-state index is -0.365.